The molecule has 3 aliphatic rings. The highest BCUT2D eigenvalue weighted by molar-refractivity contribution is 4.94. The Bertz CT molecular complexity index is 263. The van der Waals surface area contributed by atoms with Gasteiger partial charge in [-0.3, -0.25) is 4.90 Å². The maximum absolute atomic E-state index is 5.99. The van der Waals surface area contributed by atoms with E-state index in [1.165, 1.54) is 77.7 Å². The molecule has 0 radical (unpaired) electrons. The zero-order valence-corrected chi connectivity index (χ0v) is 11.7. The predicted molar refractivity (Wildman–Crippen MR) is 75.6 cm³/mol. The molecular formula is C15H29N3. The van der Waals surface area contributed by atoms with Crippen LogP contribution in [0.2, 0.25) is 0 Å². The topological polar surface area (TPSA) is 32.5 Å². The van der Waals surface area contributed by atoms with E-state index in [4.69, 9.17) is 5.73 Å². The molecule has 0 aromatic heterocycles. The molecule has 0 amide bonds. The van der Waals surface area contributed by atoms with Gasteiger partial charge in [-0.2, -0.15) is 0 Å². The van der Waals surface area contributed by atoms with Crippen LogP contribution in [-0.2, 0) is 0 Å². The molecule has 18 heavy (non-hydrogen) atoms. The lowest BCUT2D eigenvalue weighted by Crippen LogP contribution is -2.47. The van der Waals surface area contributed by atoms with Gasteiger partial charge < -0.3 is 10.6 Å². The Morgan fingerprint density at radius 2 is 1.78 bits per heavy atom. The smallest absolute Gasteiger partial charge is 0.0235 e. The Kier molecular flexibility index (Phi) is 3.92. The summed E-state index contributed by atoms with van der Waals surface area (Å²) in [4.78, 5) is 5.45. The normalized spacial score (nSPS) is 33.5. The summed E-state index contributed by atoms with van der Waals surface area (Å²) < 4.78 is 0. The maximum atomic E-state index is 5.99. The lowest BCUT2D eigenvalue weighted by atomic mass is 9.68. The average Bonchev–Trinajstić information content (AvgIpc) is 2.83. The Balaban J connectivity index is 1.48. The number of hydrogen-bond acceptors (Lipinski definition) is 3. The minimum atomic E-state index is 0.497. The molecule has 0 aromatic carbocycles. The highest BCUT2D eigenvalue weighted by atomic mass is 15.3. The largest absolute Gasteiger partial charge is 0.330 e. The number of nitrogens with two attached hydrogens (primary N) is 1. The van der Waals surface area contributed by atoms with Crippen molar-refractivity contribution >= 4 is 0 Å². The van der Waals surface area contributed by atoms with Gasteiger partial charge in [0.05, 0.1) is 0 Å². The van der Waals surface area contributed by atoms with Gasteiger partial charge in [-0.1, -0.05) is 12.8 Å². The predicted octanol–water partition coefficient (Wildman–Crippen LogP) is 1.68. The minimum absolute atomic E-state index is 0.497. The molecule has 3 rings (SSSR count). The number of likely N-dealkylation sites (tertiary alicyclic amines) is 2. The molecular weight excluding hydrogens is 222 g/mol. The monoisotopic (exact) mass is 251 g/mol. The van der Waals surface area contributed by atoms with Crippen molar-refractivity contribution < 1.29 is 0 Å². The molecule has 3 heteroatoms. The molecule has 2 heterocycles. The first-order valence-corrected chi connectivity index (χ1v) is 7.98. The Labute approximate surface area is 112 Å². The third-order valence-electron chi connectivity index (χ3n) is 5.56. The first kappa shape index (κ1) is 12.9. The van der Waals surface area contributed by atoms with Crippen molar-refractivity contribution in [3.8, 4) is 0 Å². The molecule has 1 saturated carbocycles. The zero-order chi connectivity index (χ0) is 12.4. The number of hydrogen-bond donors (Lipinski definition) is 1. The average molecular weight is 251 g/mol. The zero-order valence-electron chi connectivity index (χ0n) is 11.7. The summed E-state index contributed by atoms with van der Waals surface area (Å²) >= 11 is 0. The molecule has 1 aliphatic carbocycles. The molecule has 2 N–H and O–H groups in total. The van der Waals surface area contributed by atoms with E-state index in [1.54, 1.807) is 0 Å². The van der Waals surface area contributed by atoms with Gasteiger partial charge in [0.1, 0.15) is 0 Å². The van der Waals surface area contributed by atoms with E-state index in [2.05, 4.69) is 9.80 Å². The SMILES string of the molecule is NCC1(CN2CCC(N3CCCCC3)C2)CCC1. The summed E-state index contributed by atoms with van der Waals surface area (Å²) in [6, 6.07) is 0.847. The lowest BCUT2D eigenvalue weighted by Gasteiger charge is -2.43. The molecule has 0 aromatic rings. The third kappa shape index (κ3) is 2.59. The summed E-state index contributed by atoms with van der Waals surface area (Å²) in [6.07, 6.45) is 9.82. The van der Waals surface area contributed by atoms with Crippen molar-refractivity contribution in [1.82, 2.24) is 9.80 Å². The van der Waals surface area contributed by atoms with Crippen LogP contribution >= 0.6 is 0 Å². The second kappa shape index (κ2) is 5.48. The second-order valence-electron chi connectivity index (χ2n) is 6.83. The van der Waals surface area contributed by atoms with Crippen LogP contribution < -0.4 is 5.73 Å². The number of rotatable bonds is 4. The standard InChI is InChI=1S/C15H29N3/c16-12-15(6-4-7-15)13-17-10-5-14(11-17)18-8-2-1-3-9-18/h14H,1-13,16H2. The molecule has 2 aliphatic heterocycles. The van der Waals surface area contributed by atoms with Gasteiger partial charge >= 0.3 is 0 Å². The fraction of sp³-hybridized carbons (Fsp3) is 1.00. The van der Waals surface area contributed by atoms with E-state index < -0.39 is 0 Å². The molecule has 104 valence electrons. The molecule has 1 unspecified atom stereocenters. The summed E-state index contributed by atoms with van der Waals surface area (Å²) in [7, 11) is 0. The first-order chi connectivity index (χ1) is 8.81. The fourth-order valence-corrected chi connectivity index (χ4v) is 4.12. The Morgan fingerprint density at radius 3 is 2.39 bits per heavy atom. The van der Waals surface area contributed by atoms with Gasteiger partial charge in [-0.15, -0.1) is 0 Å². The van der Waals surface area contributed by atoms with E-state index in [0.29, 0.717) is 5.41 Å². The van der Waals surface area contributed by atoms with Crippen molar-refractivity contribution in [2.24, 2.45) is 11.1 Å². The molecule has 0 bridgehead atoms. The van der Waals surface area contributed by atoms with Crippen LogP contribution in [-0.4, -0.2) is 55.1 Å². The summed E-state index contributed by atoms with van der Waals surface area (Å²) in [6.45, 7) is 7.48. The van der Waals surface area contributed by atoms with Gasteiger partial charge in [0.25, 0.3) is 0 Å². The number of nitrogens with zero attached hydrogens (tertiary/aromatic N) is 2. The van der Waals surface area contributed by atoms with Gasteiger partial charge in [-0.25, -0.2) is 0 Å². The summed E-state index contributed by atoms with van der Waals surface area (Å²) in [5.74, 6) is 0. The summed E-state index contributed by atoms with van der Waals surface area (Å²) in [5.41, 5.74) is 6.48. The quantitative estimate of drug-likeness (QED) is 0.825. The van der Waals surface area contributed by atoms with E-state index in [1.807, 2.05) is 0 Å². The summed E-state index contributed by atoms with van der Waals surface area (Å²) in [5, 5.41) is 0. The van der Waals surface area contributed by atoms with Gasteiger partial charge in [0.15, 0.2) is 0 Å². The number of piperidine rings is 1. The van der Waals surface area contributed by atoms with Crippen molar-refractivity contribution in [3.05, 3.63) is 0 Å². The van der Waals surface area contributed by atoms with Crippen molar-refractivity contribution in [2.45, 2.75) is 51.0 Å². The fourth-order valence-electron chi connectivity index (χ4n) is 4.12. The van der Waals surface area contributed by atoms with Crippen LogP contribution in [0.25, 0.3) is 0 Å². The van der Waals surface area contributed by atoms with Gasteiger partial charge in [-0.05, 0) is 63.7 Å². The molecule has 0 spiro atoms. The molecule has 2 saturated heterocycles. The van der Waals surface area contributed by atoms with Crippen molar-refractivity contribution in [2.75, 3.05) is 39.3 Å². The van der Waals surface area contributed by atoms with E-state index in [-0.39, 0.29) is 0 Å². The van der Waals surface area contributed by atoms with Gasteiger partial charge in [0, 0.05) is 19.1 Å². The highest BCUT2D eigenvalue weighted by Gasteiger charge is 2.39. The van der Waals surface area contributed by atoms with Gasteiger partial charge in [0.2, 0.25) is 0 Å². The third-order valence-corrected chi connectivity index (χ3v) is 5.56. The second-order valence-corrected chi connectivity index (χ2v) is 6.83. The molecule has 3 nitrogen and oxygen atoms in total. The van der Waals surface area contributed by atoms with Crippen LogP contribution in [0.3, 0.4) is 0 Å². The lowest BCUT2D eigenvalue weighted by molar-refractivity contribution is 0.0797. The first-order valence-electron chi connectivity index (χ1n) is 7.98. The van der Waals surface area contributed by atoms with Crippen molar-refractivity contribution in [3.63, 3.8) is 0 Å². The Hall–Kier alpha value is -0.120. The van der Waals surface area contributed by atoms with Crippen LogP contribution in [0, 0.1) is 5.41 Å². The van der Waals surface area contributed by atoms with Crippen LogP contribution in [0.5, 0.6) is 0 Å². The van der Waals surface area contributed by atoms with E-state index in [9.17, 15) is 0 Å². The van der Waals surface area contributed by atoms with Crippen molar-refractivity contribution in [1.29, 1.82) is 0 Å². The van der Waals surface area contributed by atoms with Crippen LogP contribution in [0.1, 0.15) is 44.9 Å². The van der Waals surface area contributed by atoms with Crippen LogP contribution in [0.15, 0.2) is 0 Å². The van der Waals surface area contributed by atoms with E-state index in [0.717, 1.165) is 12.6 Å². The highest BCUT2D eigenvalue weighted by Crippen LogP contribution is 2.41. The maximum Gasteiger partial charge on any atom is 0.0235 e. The molecule has 3 fully saturated rings. The molecule has 1 atom stereocenters. The van der Waals surface area contributed by atoms with E-state index >= 15 is 0 Å². The minimum Gasteiger partial charge on any atom is -0.330 e. The Morgan fingerprint density at radius 1 is 1.00 bits per heavy atom. The van der Waals surface area contributed by atoms with Crippen LogP contribution in [0.4, 0.5) is 0 Å².